The highest BCUT2D eigenvalue weighted by atomic mass is 35.5. The van der Waals surface area contributed by atoms with Crippen molar-refractivity contribution in [2.75, 3.05) is 50.6 Å². The van der Waals surface area contributed by atoms with Gasteiger partial charge in [-0.25, -0.2) is 4.39 Å². The van der Waals surface area contributed by atoms with E-state index in [0.29, 0.717) is 17.9 Å². The van der Waals surface area contributed by atoms with Gasteiger partial charge in [-0.05, 0) is 20.2 Å². The lowest BCUT2D eigenvalue weighted by Crippen LogP contribution is -2.29. The lowest BCUT2D eigenvalue weighted by atomic mass is 10.2. The molecule has 96 valence electrons. The molecule has 0 fully saturated rings. The monoisotopic (exact) mass is 260 g/mol. The van der Waals surface area contributed by atoms with Crippen LogP contribution in [0.5, 0.6) is 0 Å². The van der Waals surface area contributed by atoms with Crippen LogP contribution in [0.1, 0.15) is 0 Å². The zero-order valence-corrected chi connectivity index (χ0v) is 11.1. The molecule has 1 aromatic carbocycles. The van der Waals surface area contributed by atoms with Crippen molar-refractivity contribution in [1.29, 1.82) is 0 Å². The minimum atomic E-state index is -0.564. The maximum Gasteiger partial charge on any atom is 0.169 e. The molecule has 0 heterocycles. The van der Waals surface area contributed by atoms with Gasteiger partial charge in [0.2, 0.25) is 0 Å². The number of nitrogens with two attached hydrogens (primary N) is 2. The zero-order valence-electron chi connectivity index (χ0n) is 10.3. The molecule has 0 saturated heterocycles. The Balaban J connectivity index is 3.01. The normalized spacial score (nSPS) is 10.9. The van der Waals surface area contributed by atoms with Gasteiger partial charge in [-0.1, -0.05) is 11.6 Å². The van der Waals surface area contributed by atoms with Crippen molar-refractivity contribution < 1.29 is 4.39 Å². The molecule has 0 aliphatic carbocycles. The average molecular weight is 261 g/mol. The van der Waals surface area contributed by atoms with Crippen molar-refractivity contribution in [2.24, 2.45) is 0 Å². The first-order valence-corrected chi connectivity index (χ1v) is 5.61. The third-order valence-corrected chi connectivity index (χ3v) is 2.89. The summed E-state index contributed by atoms with van der Waals surface area (Å²) < 4.78 is 14.0. The molecule has 4 nitrogen and oxygen atoms in total. The van der Waals surface area contributed by atoms with Crippen LogP contribution >= 0.6 is 11.6 Å². The highest BCUT2D eigenvalue weighted by Crippen LogP contribution is 2.35. The number of likely N-dealkylation sites (N-methyl/N-ethyl adjacent to an activating group) is 2. The topological polar surface area (TPSA) is 58.5 Å². The van der Waals surface area contributed by atoms with Gasteiger partial charge in [0.05, 0.1) is 17.1 Å². The lowest BCUT2D eigenvalue weighted by molar-refractivity contribution is 0.416. The first kappa shape index (κ1) is 13.9. The number of benzene rings is 1. The Morgan fingerprint density at radius 3 is 2.29 bits per heavy atom. The van der Waals surface area contributed by atoms with Crippen LogP contribution in [0.4, 0.5) is 21.5 Å². The van der Waals surface area contributed by atoms with Crippen LogP contribution in [0.3, 0.4) is 0 Å². The van der Waals surface area contributed by atoms with Gasteiger partial charge in [0.25, 0.3) is 0 Å². The molecule has 0 spiro atoms. The van der Waals surface area contributed by atoms with Crippen LogP contribution in [0.15, 0.2) is 6.07 Å². The molecule has 4 N–H and O–H groups in total. The average Bonchev–Trinajstić information content (AvgIpc) is 2.23. The number of nitrogen functional groups attached to an aromatic ring is 2. The van der Waals surface area contributed by atoms with E-state index in [4.69, 9.17) is 23.1 Å². The molecule has 0 aliphatic rings. The predicted octanol–water partition coefficient (Wildman–Crippen LogP) is 1.64. The molecular weight excluding hydrogens is 243 g/mol. The summed E-state index contributed by atoms with van der Waals surface area (Å²) in [6.45, 7) is 1.44. The van der Waals surface area contributed by atoms with Crippen LogP contribution in [0.25, 0.3) is 0 Å². The van der Waals surface area contributed by atoms with Crippen molar-refractivity contribution >= 4 is 28.7 Å². The molecule has 0 aliphatic heterocycles. The van der Waals surface area contributed by atoms with Gasteiger partial charge in [-0.15, -0.1) is 0 Å². The minimum Gasteiger partial charge on any atom is -0.397 e. The van der Waals surface area contributed by atoms with E-state index in [0.717, 1.165) is 6.54 Å². The Labute approximate surface area is 106 Å². The molecule has 1 rings (SSSR count). The number of hydrogen-bond donors (Lipinski definition) is 2. The first-order chi connectivity index (χ1) is 7.84. The summed E-state index contributed by atoms with van der Waals surface area (Å²) in [6.07, 6.45) is 0. The molecule has 0 unspecified atom stereocenters. The fourth-order valence-corrected chi connectivity index (χ4v) is 1.65. The molecule has 0 atom stereocenters. The highest BCUT2D eigenvalue weighted by Gasteiger charge is 2.17. The molecule has 0 radical (unpaired) electrons. The summed E-state index contributed by atoms with van der Waals surface area (Å²) in [4.78, 5) is 3.74. The summed E-state index contributed by atoms with van der Waals surface area (Å²) >= 11 is 5.77. The van der Waals surface area contributed by atoms with Gasteiger partial charge in [-0.3, -0.25) is 0 Å². The highest BCUT2D eigenvalue weighted by molar-refractivity contribution is 6.33. The fraction of sp³-hybridized carbons (Fsp3) is 0.455. The zero-order chi connectivity index (χ0) is 13.2. The molecular formula is C11H18ClFN4. The number of nitrogens with zero attached hydrogens (tertiary/aromatic N) is 2. The fourth-order valence-electron chi connectivity index (χ4n) is 1.51. The van der Waals surface area contributed by atoms with Crippen LogP contribution in [0.2, 0.25) is 5.02 Å². The summed E-state index contributed by atoms with van der Waals surface area (Å²) in [7, 11) is 5.66. The Kier molecular flexibility index (Phi) is 4.42. The van der Waals surface area contributed by atoms with Gasteiger partial charge in [-0.2, -0.15) is 0 Å². The van der Waals surface area contributed by atoms with E-state index in [1.807, 2.05) is 19.0 Å². The molecule has 0 saturated carbocycles. The Morgan fingerprint density at radius 2 is 1.76 bits per heavy atom. The third-order valence-electron chi connectivity index (χ3n) is 2.50. The predicted molar refractivity (Wildman–Crippen MR) is 72.1 cm³/mol. The molecule has 0 amide bonds. The van der Waals surface area contributed by atoms with E-state index >= 15 is 0 Å². The standard InChI is InChI=1S/C11H18ClFN4/c1-16(2)4-5-17(3)11-8(15)6-7(14)9(12)10(11)13/h6H,4-5,14-15H2,1-3H3. The quantitative estimate of drug-likeness (QED) is 0.808. The van der Waals surface area contributed by atoms with E-state index in [-0.39, 0.29) is 10.7 Å². The van der Waals surface area contributed by atoms with Gasteiger partial charge < -0.3 is 21.3 Å². The number of anilines is 3. The molecule has 1 aromatic rings. The Morgan fingerprint density at radius 1 is 1.18 bits per heavy atom. The molecule has 0 bridgehead atoms. The molecule has 6 heteroatoms. The first-order valence-electron chi connectivity index (χ1n) is 5.23. The number of rotatable bonds is 4. The van der Waals surface area contributed by atoms with Crippen LogP contribution in [0, 0.1) is 5.82 Å². The molecule has 0 aromatic heterocycles. The van der Waals surface area contributed by atoms with Gasteiger partial charge in [0.1, 0.15) is 5.02 Å². The smallest absolute Gasteiger partial charge is 0.169 e. The summed E-state index contributed by atoms with van der Waals surface area (Å²) in [6, 6.07) is 1.48. The maximum atomic E-state index is 14.0. The Bertz CT molecular complexity index is 409. The van der Waals surface area contributed by atoms with Gasteiger partial charge in [0.15, 0.2) is 5.82 Å². The SMILES string of the molecule is CN(C)CCN(C)c1c(N)cc(N)c(Cl)c1F. The van der Waals surface area contributed by atoms with Crippen molar-refractivity contribution in [3.8, 4) is 0 Å². The number of hydrogen-bond acceptors (Lipinski definition) is 4. The largest absolute Gasteiger partial charge is 0.397 e. The van der Waals surface area contributed by atoms with E-state index in [1.165, 1.54) is 6.07 Å². The van der Waals surface area contributed by atoms with Crippen molar-refractivity contribution in [2.45, 2.75) is 0 Å². The minimum absolute atomic E-state index is 0.0779. The van der Waals surface area contributed by atoms with E-state index in [1.54, 1.807) is 11.9 Å². The summed E-state index contributed by atoms with van der Waals surface area (Å²) in [5.74, 6) is -0.564. The maximum absolute atomic E-state index is 14.0. The van der Waals surface area contributed by atoms with Crippen LogP contribution in [-0.2, 0) is 0 Å². The van der Waals surface area contributed by atoms with E-state index in [9.17, 15) is 4.39 Å². The summed E-state index contributed by atoms with van der Waals surface area (Å²) in [5.41, 5.74) is 12.1. The van der Waals surface area contributed by atoms with Crippen LogP contribution < -0.4 is 16.4 Å². The summed E-state index contributed by atoms with van der Waals surface area (Å²) in [5, 5.41) is -0.0779. The second-order valence-corrected chi connectivity index (χ2v) is 4.63. The van der Waals surface area contributed by atoms with Crippen LogP contribution in [-0.4, -0.2) is 39.1 Å². The Hall–Kier alpha value is -1.20. The number of halogens is 2. The van der Waals surface area contributed by atoms with Crippen molar-refractivity contribution in [3.05, 3.63) is 16.9 Å². The van der Waals surface area contributed by atoms with Gasteiger partial charge >= 0.3 is 0 Å². The molecule has 17 heavy (non-hydrogen) atoms. The van der Waals surface area contributed by atoms with Crippen molar-refractivity contribution in [3.63, 3.8) is 0 Å². The second kappa shape index (κ2) is 5.42. The van der Waals surface area contributed by atoms with E-state index < -0.39 is 5.82 Å². The van der Waals surface area contributed by atoms with Gasteiger partial charge in [0, 0.05) is 20.1 Å². The third kappa shape index (κ3) is 3.14. The second-order valence-electron chi connectivity index (χ2n) is 4.26. The van der Waals surface area contributed by atoms with Crippen molar-refractivity contribution in [1.82, 2.24) is 4.90 Å². The van der Waals surface area contributed by atoms with E-state index in [2.05, 4.69) is 0 Å². The lowest BCUT2D eigenvalue weighted by Gasteiger charge is -2.24.